The monoisotopic (exact) mass is 445 g/mol. The van der Waals surface area contributed by atoms with Gasteiger partial charge in [-0.2, -0.15) is 0 Å². The molecule has 2 unspecified atom stereocenters. The van der Waals surface area contributed by atoms with Gasteiger partial charge in [0.05, 0.1) is 21.9 Å². The lowest BCUT2D eigenvalue weighted by atomic mass is 9.96. The van der Waals surface area contributed by atoms with Crippen molar-refractivity contribution in [2.24, 2.45) is 0 Å². The predicted octanol–water partition coefficient (Wildman–Crippen LogP) is 4.30. The molecule has 1 aliphatic carbocycles. The molecule has 1 heterocycles. The zero-order chi connectivity index (χ0) is 22.5. The molecule has 0 bridgehead atoms. The number of carbonyl (C=O) groups is 1. The number of urea groups is 1. The van der Waals surface area contributed by atoms with Crippen molar-refractivity contribution in [3.05, 3.63) is 54.4 Å². The van der Waals surface area contributed by atoms with E-state index in [0.29, 0.717) is 25.1 Å². The Bertz CT molecular complexity index is 970. The molecule has 2 N–H and O–H groups in total. The molecule has 0 aliphatic heterocycles. The molecule has 3 rings (SSSR count). The third-order valence-electron chi connectivity index (χ3n) is 5.15. The standard InChI is InChI=1S/C23H31N3O4S/c1-23(2,3)30-19-7-4-8-21(14-19)31(28,29)20-11-9-18(10-12-20)26-22(27)25-16-17-6-5-13-24-15-17/h5-6,9-13,15,19,21H,4,7-8,14,16H2,1-3H3,(H2,25,26,27). The normalized spacial score (nSPS) is 19.6. The summed E-state index contributed by atoms with van der Waals surface area (Å²) in [4.78, 5) is 16.4. The molecule has 31 heavy (non-hydrogen) atoms. The third kappa shape index (κ3) is 6.77. The summed E-state index contributed by atoms with van der Waals surface area (Å²) < 4.78 is 32.3. The molecule has 1 aromatic carbocycles. The number of hydrogen-bond acceptors (Lipinski definition) is 5. The van der Waals surface area contributed by atoms with Crippen molar-refractivity contribution in [2.75, 3.05) is 5.32 Å². The Labute approximate surface area is 184 Å². The van der Waals surface area contributed by atoms with Crippen LogP contribution in [0.15, 0.2) is 53.7 Å². The van der Waals surface area contributed by atoms with Crippen molar-refractivity contribution in [1.29, 1.82) is 0 Å². The number of sulfone groups is 1. The summed E-state index contributed by atoms with van der Waals surface area (Å²) in [6.45, 7) is 6.32. The van der Waals surface area contributed by atoms with Crippen LogP contribution in [0.3, 0.4) is 0 Å². The Hall–Kier alpha value is -2.45. The van der Waals surface area contributed by atoms with Crippen molar-refractivity contribution in [3.63, 3.8) is 0 Å². The van der Waals surface area contributed by atoms with E-state index in [1.165, 1.54) is 0 Å². The van der Waals surface area contributed by atoms with Crippen molar-refractivity contribution >= 4 is 21.6 Å². The lowest BCUT2D eigenvalue weighted by Crippen LogP contribution is -2.36. The Kier molecular flexibility index (Phi) is 7.33. The van der Waals surface area contributed by atoms with Crippen LogP contribution in [0.4, 0.5) is 10.5 Å². The minimum atomic E-state index is -3.46. The second kappa shape index (κ2) is 9.78. The number of carbonyl (C=O) groups excluding carboxylic acids is 1. The first-order chi connectivity index (χ1) is 14.6. The van der Waals surface area contributed by atoms with Gasteiger partial charge in [-0.3, -0.25) is 4.98 Å². The van der Waals surface area contributed by atoms with E-state index < -0.39 is 15.1 Å². The van der Waals surface area contributed by atoms with Gasteiger partial charge < -0.3 is 15.4 Å². The summed E-state index contributed by atoms with van der Waals surface area (Å²) in [5.41, 5.74) is 1.13. The first kappa shape index (κ1) is 23.2. The van der Waals surface area contributed by atoms with Gasteiger partial charge in [-0.1, -0.05) is 6.07 Å². The lowest BCUT2D eigenvalue weighted by Gasteiger charge is -2.33. The Morgan fingerprint density at radius 3 is 2.55 bits per heavy atom. The molecular formula is C23H31N3O4S. The van der Waals surface area contributed by atoms with Crippen molar-refractivity contribution in [2.45, 2.75) is 74.8 Å². The van der Waals surface area contributed by atoms with Gasteiger partial charge in [-0.05, 0) is 82.3 Å². The number of rotatable bonds is 6. The first-order valence-electron chi connectivity index (χ1n) is 10.6. The molecule has 1 saturated carbocycles. The Morgan fingerprint density at radius 2 is 1.90 bits per heavy atom. The highest BCUT2D eigenvalue weighted by molar-refractivity contribution is 7.92. The van der Waals surface area contributed by atoms with Crippen LogP contribution in [0, 0.1) is 0 Å². The number of nitrogens with one attached hydrogen (secondary N) is 2. The predicted molar refractivity (Wildman–Crippen MR) is 121 cm³/mol. The number of benzene rings is 1. The maximum atomic E-state index is 13.1. The second-order valence-electron chi connectivity index (χ2n) is 8.88. The molecule has 2 aromatic rings. The first-order valence-corrected chi connectivity index (χ1v) is 12.1. The van der Waals surface area contributed by atoms with Crippen LogP contribution in [0.2, 0.25) is 0 Å². The Morgan fingerprint density at radius 1 is 1.16 bits per heavy atom. The zero-order valence-electron chi connectivity index (χ0n) is 18.3. The molecule has 2 atom stereocenters. The van der Waals surface area contributed by atoms with E-state index in [-0.39, 0.29) is 22.6 Å². The molecule has 0 radical (unpaired) electrons. The number of pyridine rings is 1. The highest BCUT2D eigenvalue weighted by atomic mass is 32.2. The van der Waals surface area contributed by atoms with E-state index in [9.17, 15) is 13.2 Å². The second-order valence-corrected chi connectivity index (χ2v) is 11.1. The van der Waals surface area contributed by atoms with Gasteiger partial charge in [0.25, 0.3) is 0 Å². The van der Waals surface area contributed by atoms with Crippen LogP contribution in [0.25, 0.3) is 0 Å². The molecule has 0 saturated heterocycles. The van der Waals surface area contributed by atoms with Crippen LogP contribution in [0.1, 0.15) is 52.0 Å². The van der Waals surface area contributed by atoms with Crippen LogP contribution in [-0.4, -0.2) is 36.4 Å². The van der Waals surface area contributed by atoms with Crippen LogP contribution >= 0.6 is 0 Å². The number of ether oxygens (including phenoxy) is 1. The maximum Gasteiger partial charge on any atom is 0.319 e. The number of aromatic nitrogens is 1. The van der Waals surface area contributed by atoms with Crippen molar-refractivity contribution < 1.29 is 17.9 Å². The van der Waals surface area contributed by atoms with Gasteiger partial charge in [0.15, 0.2) is 9.84 Å². The smallest absolute Gasteiger partial charge is 0.319 e. The van der Waals surface area contributed by atoms with Crippen LogP contribution in [0.5, 0.6) is 0 Å². The topological polar surface area (TPSA) is 97.4 Å². The number of amides is 2. The van der Waals surface area contributed by atoms with Crippen LogP contribution < -0.4 is 10.6 Å². The van der Waals surface area contributed by atoms with E-state index in [1.54, 1.807) is 42.7 Å². The minimum absolute atomic E-state index is 0.0435. The molecule has 7 nitrogen and oxygen atoms in total. The molecule has 8 heteroatoms. The summed E-state index contributed by atoms with van der Waals surface area (Å²) in [6, 6.07) is 9.65. The van der Waals surface area contributed by atoms with Crippen molar-refractivity contribution in [3.8, 4) is 0 Å². The fourth-order valence-electron chi connectivity index (χ4n) is 3.77. The number of anilines is 1. The summed E-state index contributed by atoms with van der Waals surface area (Å²) >= 11 is 0. The van der Waals surface area contributed by atoms with Gasteiger partial charge in [-0.25, -0.2) is 13.2 Å². The zero-order valence-corrected chi connectivity index (χ0v) is 19.1. The fraction of sp³-hybridized carbons (Fsp3) is 0.478. The Balaban J connectivity index is 1.58. The van der Waals surface area contributed by atoms with E-state index in [1.807, 2.05) is 26.8 Å². The van der Waals surface area contributed by atoms with Gasteiger partial charge in [-0.15, -0.1) is 0 Å². The lowest BCUT2D eigenvalue weighted by molar-refractivity contribution is -0.0726. The molecular weight excluding hydrogens is 414 g/mol. The summed E-state index contributed by atoms with van der Waals surface area (Å²) in [6.07, 6.45) is 6.19. The highest BCUT2D eigenvalue weighted by Gasteiger charge is 2.34. The van der Waals surface area contributed by atoms with Gasteiger partial charge in [0.2, 0.25) is 0 Å². The quantitative estimate of drug-likeness (QED) is 0.691. The third-order valence-corrected chi connectivity index (χ3v) is 7.39. The summed E-state index contributed by atoms with van der Waals surface area (Å²) in [5, 5.41) is 5.01. The van der Waals surface area contributed by atoms with Crippen LogP contribution in [-0.2, 0) is 21.1 Å². The molecule has 1 aromatic heterocycles. The molecule has 1 aliphatic rings. The van der Waals surface area contributed by atoms with Gasteiger partial charge in [0, 0.05) is 24.6 Å². The molecule has 0 spiro atoms. The van der Waals surface area contributed by atoms with Crippen molar-refractivity contribution in [1.82, 2.24) is 10.3 Å². The average Bonchev–Trinajstić information content (AvgIpc) is 2.72. The molecule has 2 amide bonds. The van der Waals surface area contributed by atoms with E-state index in [0.717, 1.165) is 18.4 Å². The fourth-order valence-corrected chi connectivity index (χ4v) is 5.62. The van der Waals surface area contributed by atoms with E-state index in [4.69, 9.17) is 4.74 Å². The number of nitrogens with zero attached hydrogens (tertiary/aromatic N) is 1. The minimum Gasteiger partial charge on any atom is -0.373 e. The van der Waals surface area contributed by atoms with E-state index in [2.05, 4.69) is 15.6 Å². The van der Waals surface area contributed by atoms with Gasteiger partial charge >= 0.3 is 6.03 Å². The van der Waals surface area contributed by atoms with E-state index >= 15 is 0 Å². The summed E-state index contributed by atoms with van der Waals surface area (Å²) in [5.74, 6) is 0. The molecule has 1 fully saturated rings. The maximum absolute atomic E-state index is 13.1. The largest absolute Gasteiger partial charge is 0.373 e. The summed E-state index contributed by atoms with van der Waals surface area (Å²) in [7, 11) is -3.46. The molecule has 168 valence electrons. The number of hydrogen-bond donors (Lipinski definition) is 2. The average molecular weight is 446 g/mol. The van der Waals surface area contributed by atoms with Gasteiger partial charge in [0.1, 0.15) is 0 Å². The SMILES string of the molecule is CC(C)(C)OC1CCCC(S(=O)(=O)c2ccc(NC(=O)NCc3cccnc3)cc2)C1. The highest BCUT2D eigenvalue weighted by Crippen LogP contribution is 2.32.